The highest BCUT2D eigenvalue weighted by atomic mass is 35.5. The number of thioether (sulfide) groups is 1. The minimum atomic E-state index is -3.13. The second kappa shape index (κ2) is 8.08. The molecule has 4 rings (SSSR count). The summed E-state index contributed by atoms with van der Waals surface area (Å²) in [4.78, 5) is 6.76. The lowest BCUT2D eigenvalue weighted by Gasteiger charge is -2.28. The van der Waals surface area contributed by atoms with Crippen molar-refractivity contribution < 1.29 is 17.9 Å². The number of sulfone groups is 1. The third kappa shape index (κ3) is 4.20. The molecule has 154 valence electrons. The number of aliphatic imine (C=N–C) groups is 1. The van der Waals surface area contributed by atoms with Crippen LogP contribution in [0.4, 0.5) is 5.69 Å². The second-order valence-electron chi connectivity index (χ2n) is 6.95. The molecule has 0 aromatic heterocycles. The highest BCUT2D eigenvalue weighted by molar-refractivity contribution is 8.13. The molecule has 0 saturated carbocycles. The molecule has 2 aliphatic heterocycles. The molecule has 0 aliphatic carbocycles. The summed E-state index contributed by atoms with van der Waals surface area (Å²) >= 11 is 7.66. The van der Waals surface area contributed by atoms with Gasteiger partial charge in [0.15, 0.2) is 15.0 Å². The van der Waals surface area contributed by atoms with Crippen LogP contribution in [-0.2, 0) is 15.6 Å². The molecule has 1 fully saturated rings. The van der Waals surface area contributed by atoms with Gasteiger partial charge < -0.3 is 14.4 Å². The van der Waals surface area contributed by atoms with Crippen LogP contribution in [0.3, 0.4) is 0 Å². The zero-order valence-electron chi connectivity index (χ0n) is 16.0. The fourth-order valence-electron chi connectivity index (χ4n) is 3.67. The summed E-state index contributed by atoms with van der Waals surface area (Å²) in [7, 11) is 0.0706. The van der Waals surface area contributed by atoms with Crippen molar-refractivity contribution in [2.24, 2.45) is 4.99 Å². The molecule has 1 saturated heterocycles. The van der Waals surface area contributed by atoms with Crippen LogP contribution in [0.1, 0.15) is 5.56 Å². The molecule has 2 aromatic rings. The highest BCUT2D eigenvalue weighted by Gasteiger charge is 2.47. The molecular formula is C20H21ClN2O4S2. The minimum absolute atomic E-state index is 0.0711. The average molecular weight is 453 g/mol. The maximum atomic E-state index is 12.2. The molecule has 0 radical (unpaired) electrons. The molecule has 2 aliphatic rings. The van der Waals surface area contributed by atoms with E-state index in [4.69, 9.17) is 26.1 Å². The monoisotopic (exact) mass is 452 g/mol. The topological polar surface area (TPSA) is 68.2 Å². The lowest BCUT2D eigenvalue weighted by Crippen LogP contribution is -2.39. The van der Waals surface area contributed by atoms with E-state index in [-0.39, 0.29) is 23.6 Å². The number of hydrogen-bond donors (Lipinski definition) is 0. The fraction of sp³-hybridized carbons (Fsp3) is 0.350. The number of rotatable bonds is 5. The van der Waals surface area contributed by atoms with Gasteiger partial charge in [-0.25, -0.2) is 8.42 Å². The number of benzene rings is 2. The van der Waals surface area contributed by atoms with Crippen molar-refractivity contribution in [1.82, 2.24) is 0 Å². The van der Waals surface area contributed by atoms with E-state index in [0.29, 0.717) is 22.3 Å². The van der Waals surface area contributed by atoms with Crippen LogP contribution in [0.15, 0.2) is 47.5 Å². The van der Waals surface area contributed by atoms with Gasteiger partial charge in [-0.05, 0) is 29.8 Å². The van der Waals surface area contributed by atoms with Crippen molar-refractivity contribution in [2.45, 2.75) is 17.8 Å². The van der Waals surface area contributed by atoms with Crippen LogP contribution in [0, 0.1) is 0 Å². The van der Waals surface area contributed by atoms with Crippen molar-refractivity contribution in [3.05, 3.63) is 53.1 Å². The Morgan fingerprint density at radius 2 is 2.00 bits per heavy atom. The van der Waals surface area contributed by atoms with E-state index in [1.807, 2.05) is 47.4 Å². The predicted octanol–water partition coefficient (Wildman–Crippen LogP) is 3.63. The average Bonchev–Trinajstić information content (AvgIpc) is 3.16. The van der Waals surface area contributed by atoms with Gasteiger partial charge in [0.1, 0.15) is 11.5 Å². The number of amidine groups is 1. The Hall–Kier alpha value is -1.90. The van der Waals surface area contributed by atoms with Gasteiger partial charge in [-0.2, -0.15) is 0 Å². The summed E-state index contributed by atoms with van der Waals surface area (Å²) in [6.45, 7) is 0. The number of hydrogen-bond acceptors (Lipinski definition) is 7. The SMILES string of the molecule is COc1ccc(OC)c(N2C(SCc3cccc(Cl)c3)=NC3CS(=O)(=O)CC32)c1. The standard InChI is InChI=1S/C20H21ClN2O4S2/c1-26-15-6-7-19(27-2)17(9-15)23-18-12-29(24,25)11-16(18)22-20(23)28-10-13-4-3-5-14(21)8-13/h3-9,16,18H,10-12H2,1-2H3. The smallest absolute Gasteiger partial charge is 0.164 e. The van der Waals surface area contributed by atoms with Gasteiger partial charge in [-0.15, -0.1) is 0 Å². The Morgan fingerprint density at radius 1 is 1.17 bits per heavy atom. The molecule has 9 heteroatoms. The molecule has 6 nitrogen and oxygen atoms in total. The van der Waals surface area contributed by atoms with Crippen LogP contribution >= 0.6 is 23.4 Å². The summed E-state index contributed by atoms with van der Waals surface area (Å²) < 4.78 is 35.4. The van der Waals surface area contributed by atoms with E-state index in [1.165, 1.54) is 0 Å². The van der Waals surface area contributed by atoms with Gasteiger partial charge in [-0.1, -0.05) is 35.5 Å². The molecule has 29 heavy (non-hydrogen) atoms. The van der Waals surface area contributed by atoms with Crippen LogP contribution in [0.25, 0.3) is 0 Å². The van der Waals surface area contributed by atoms with Crippen molar-refractivity contribution >= 4 is 44.1 Å². The summed E-state index contributed by atoms with van der Waals surface area (Å²) in [5.74, 6) is 2.13. The van der Waals surface area contributed by atoms with E-state index in [9.17, 15) is 8.42 Å². The molecule has 2 aromatic carbocycles. The maximum Gasteiger partial charge on any atom is 0.164 e. The van der Waals surface area contributed by atoms with Gasteiger partial charge in [0, 0.05) is 16.8 Å². The van der Waals surface area contributed by atoms with E-state index in [0.717, 1.165) is 16.4 Å². The first-order chi connectivity index (χ1) is 13.9. The Balaban J connectivity index is 1.69. The molecule has 0 amide bonds. The van der Waals surface area contributed by atoms with Gasteiger partial charge in [0.25, 0.3) is 0 Å². The van der Waals surface area contributed by atoms with Crippen molar-refractivity contribution in [2.75, 3.05) is 30.6 Å². The number of nitrogens with zero attached hydrogens (tertiary/aromatic N) is 2. The molecule has 0 bridgehead atoms. The molecule has 0 spiro atoms. The van der Waals surface area contributed by atoms with Crippen LogP contribution in [-0.4, -0.2) is 51.4 Å². The Labute approximate surface area is 179 Å². The van der Waals surface area contributed by atoms with Crippen LogP contribution in [0.2, 0.25) is 5.02 Å². The second-order valence-corrected chi connectivity index (χ2v) is 10.5. The fourth-order valence-corrected chi connectivity index (χ4v) is 6.79. The van der Waals surface area contributed by atoms with E-state index >= 15 is 0 Å². The van der Waals surface area contributed by atoms with Crippen molar-refractivity contribution in [1.29, 1.82) is 0 Å². The summed E-state index contributed by atoms with van der Waals surface area (Å²) in [6.07, 6.45) is 0. The molecule has 0 N–H and O–H groups in total. The highest BCUT2D eigenvalue weighted by Crippen LogP contribution is 2.41. The van der Waals surface area contributed by atoms with E-state index in [2.05, 4.69) is 0 Å². The van der Waals surface area contributed by atoms with E-state index < -0.39 is 9.84 Å². The van der Waals surface area contributed by atoms with Gasteiger partial charge in [-0.3, -0.25) is 4.99 Å². The number of methoxy groups -OCH3 is 2. The normalized spacial score (nSPS) is 22.3. The molecule has 2 atom stereocenters. The molecule has 2 unspecified atom stereocenters. The zero-order chi connectivity index (χ0) is 20.6. The summed E-state index contributed by atoms with van der Waals surface area (Å²) in [5, 5.41) is 1.46. The van der Waals surface area contributed by atoms with Gasteiger partial charge in [0.05, 0.1) is 43.5 Å². The zero-order valence-corrected chi connectivity index (χ0v) is 18.4. The Kier molecular flexibility index (Phi) is 5.68. The number of halogens is 1. The third-order valence-electron chi connectivity index (χ3n) is 5.01. The molecule has 2 heterocycles. The van der Waals surface area contributed by atoms with E-state index in [1.54, 1.807) is 26.0 Å². The maximum absolute atomic E-state index is 12.2. The van der Waals surface area contributed by atoms with Crippen molar-refractivity contribution in [3.8, 4) is 11.5 Å². The Bertz CT molecular complexity index is 1060. The summed E-state index contributed by atoms with van der Waals surface area (Å²) in [5.41, 5.74) is 1.83. The first kappa shape index (κ1) is 20.4. The quantitative estimate of drug-likeness (QED) is 0.690. The first-order valence-electron chi connectivity index (χ1n) is 9.07. The van der Waals surface area contributed by atoms with Crippen molar-refractivity contribution in [3.63, 3.8) is 0 Å². The predicted molar refractivity (Wildman–Crippen MR) is 118 cm³/mol. The van der Waals surface area contributed by atoms with Gasteiger partial charge in [0.2, 0.25) is 0 Å². The molecular weight excluding hydrogens is 432 g/mol. The minimum Gasteiger partial charge on any atom is -0.497 e. The van der Waals surface area contributed by atoms with Gasteiger partial charge >= 0.3 is 0 Å². The third-order valence-corrected chi connectivity index (χ3v) is 7.98. The number of fused-ring (bicyclic) bond motifs is 1. The number of ether oxygens (including phenoxy) is 2. The Morgan fingerprint density at radius 3 is 2.72 bits per heavy atom. The largest absolute Gasteiger partial charge is 0.497 e. The number of anilines is 1. The lowest BCUT2D eigenvalue weighted by atomic mass is 10.1. The lowest BCUT2D eigenvalue weighted by molar-refractivity contribution is 0.403. The summed E-state index contributed by atoms with van der Waals surface area (Å²) in [6, 6.07) is 12.7. The van der Waals surface area contributed by atoms with Crippen LogP contribution < -0.4 is 14.4 Å². The van der Waals surface area contributed by atoms with Crippen LogP contribution in [0.5, 0.6) is 11.5 Å². The first-order valence-corrected chi connectivity index (χ1v) is 12.3.